The van der Waals surface area contributed by atoms with Gasteiger partial charge >= 0.3 is 0 Å². The number of rotatable bonds is 6. The molecule has 2 aromatic rings. The molecular weight excluding hydrogens is 256 g/mol. The molecule has 4 heteroatoms. The number of thiazole rings is 1. The lowest BCUT2D eigenvalue weighted by Gasteiger charge is -2.20. The number of nitrogens with one attached hydrogen (secondary N) is 1. The van der Waals surface area contributed by atoms with Gasteiger partial charge in [-0.05, 0) is 43.1 Å². The molecule has 19 heavy (non-hydrogen) atoms. The average Bonchev–Trinajstić information content (AvgIpc) is 2.94. The number of ether oxygens (including phenoxy) is 1. The summed E-state index contributed by atoms with van der Waals surface area (Å²) in [5.74, 6) is 0.903. The lowest BCUT2D eigenvalue weighted by molar-refractivity contribution is 0.414. The summed E-state index contributed by atoms with van der Waals surface area (Å²) in [6.45, 7) is 5.30. The van der Waals surface area contributed by atoms with E-state index in [0.717, 1.165) is 18.7 Å². The summed E-state index contributed by atoms with van der Waals surface area (Å²) >= 11 is 1.69. The highest BCUT2D eigenvalue weighted by Gasteiger charge is 2.17. The number of nitrogens with zero attached hydrogens (tertiary/aromatic N) is 1. The Balaban J connectivity index is 2.32. The van der Waals surface area contributed by atoms with Crippen LogP contribution >= 0.6 is 11.3 Å². The molecule has 0 amide bonds. The van der Waals surface area contributed by atoms with Gasteiger partial charge in [0, 0.05) is 11.1 Å². The minimum atomic E-state index is 0.221. The summed E-state index contributed by atoms with van der Waals surface area (Å²) in [4.78, 5) is 5.45. The standard InChI is InChI=1S/C15H20N2OS/c1-4-7-17-15(14-9-16-10-19-14)13-6-5-12(18-3)8-11(13)2/h5-6,8-10,15,17H,4,7H2,1-3H3. The van der Waals surface area contributed by atoms with Crippen molar-refractivity contribution in [3.63, 3.8) is 0 Å². The second-order valence-electron chi connectivity index (χ2n) is 4.51. The highest BCUT2D eigenvalue weighted by molar-refractivity contribution is 7.09. The van der Waals surface area contributed by atoms with Gasteiger partial charge in [0.1, 0.15) is 5.75 Å². The highest BCUT2D eigenvalue weighted by Crippen LogP contribution is 2.29. The molecule has 1 N–H and O–H groups in total. The van der Waals surface area contributed by atoms with Gasteiger partial charge in [0.15, 0.2) is 0 Å². The number of aryl methyl sites for hydroxylation is 1. The van der Waals surface area contributed by atoms with Crippen LogP contribution in [-0.2, 0) is 0 Å². The summed E-state index contributed by atoms with van der Waals surface area (Å²) in [5.41, 5.74) is 4.41. The van der Waals surface area contributed by atoms with Gasteiger partial charge in [-0.25, -0.2) is 0 Å². The summed E-state index contributed by atoms with van der Waals surface area (Å²) in [6.07, 6.45) is 3.06. The number of methoxy groups -OCH3 is 1. The maximum atomic E-state index is 5.27. The van der Waals surface area contributed by atoms with Crippen LogP contribution in [0.2, 0.25) is 0 Å². The Morgan fingerprint density at radius 3 is 2.84 bits per heavy atom. The molecule has 0 fully saturated rings. The third-order valence-electron chi connectivity index (χ3n) is 3.12. The van der Waals surface area contributed by atoms with Gasteiger partial charge in [0.25, 0.3) is 0 Å². The van der Waals surface area contributed by atoms with Crippen LogP contribution in [0, 0.1) is 6.92 Å². The van der Waals surface area contributed by atoms with Gasteiger partial charge in [-0.15, -0.1) is 11.3 Å². The molecule has 102 valence electrons. The zero-order valence-corrected chi connectivity index (χ0v) is 12.5. The van der Waals surface area contributed by atoms with E-state index in [1.165, 1.54) is 16.0 Å². The van der Waals surface area contributed by atoms with E-state index >= 15 is 0 Å². The van der Waals surface area contributed by atoms with Crippen molar-refractivity contribution in [2.45, 2.75) is 26.3 Å². The normalized spacial score (nSPS) is 12.4. The molecule has 1 atom stereocenters. The van der Waals surface area contributed by atoms with Gasteiger partial charge in [-0.3, -0.25) is 4.98 Å². The lowest BCUT2D eigenvalue weighted by Crippen LogP contribution is -2.23. The van der Waals surface area contributed by atoms with Crippen LogP contribution in [0.5, 0.6) is 5.75 Å². The summed E-state index contributed by atoms with van der Waals surface area (Å²) in [6, 6.07) is 6.46. The Morgan fingerprint density at radius 1 is 1.42 bits per heavy atom. The fourth-order valence-electron chi connectivity index (χ4n) is 2.12. The predicted molar refractivity (Wildman–Crippen MR) is 80.0 cm³/mol. The van der Waals surface area contributed by atoms with E-state index in [-0.39, 0.29) is 6.04 Å². The van der Waals surface area contributed by atoms with E-state index in [4.69, 9.17) is 4.74 Å². The van der Waals surface area contributed by atoms with Crippen molar-refractivity contribution >= 4 is 11.3 Å². The molecule has 0 bridgehead atoms. The topological polar surface area (TPSA) is 34.2 Å². The van der Waals surface area contributed by atoms with Gasteiger partial charge in [-0.1, -0.05) is 13.0 Å². The van der Waals surface area contributed by atoms with E-state index in [1.807, 2.05) is 17.8 Å². The second kappa shape index (κ2) is 6.68. The highest BCUT2D eigenvalue weighted by atomic mass is 32.1. The van der Waals surface area contributed by atoms with Crippen LogP contribution in [-0.4, -0.2) is 18.6 Å². The van der Waals surface area contributed by atoms with Crippen molar-refractivity contribution in [2.24, 2.45) is 0 Å². The molecule has 0 radical (unpaired) electrons. The van der Waals surface area contributed by atoms with Gasteiger partial charge < -0.3 is 10.1 Å². The molecule has 0 aliphatic carbocycles. The first-order valence-electron chi connectivity index (χ1n) is 6.52. The van der Waals surface area contributed by atoms with Gasteiger partial charge in [0.05, 0.1) is 18.7 Å². The summed E-state index contributed by atoms with van der Waals surface area (Å²) < 4.78 is 5.27. The molecule has 0 saturated heterocycles. The van der Waals surface area contributed by atoms with E-state index in [0.29, 0.717) is 0 Å². The smallest absolute Gasteiger partial charge is 0.119 e. The maximum Gasteiger partial charge on any atom is 0.119 e. The first-order valence-corrected chi connectivity index (χ1v) is 7.40. The van der Waals surface area contributed by atoms with Crippen LogP contribution in [0.4, 0.5) is 0 Å². The predicted octanol–water partition coefficient (Wildman–Crippen LogP) is 3.55. The summed E-state index contributed by atoms with van der Waals surface area (Å²) in [5, 5.41) is 3.60. The second-order valence-corrected chi connectivity index (χ2v) is 5.43. The number of hydrogen-bond donors (Lipinski definition) is 1. The van der Waals surface area contributed by atoms with E-state index in [1.54, 1.807) is 18.4 Å². The van der Waals surface area contributed by atoms with Crippen LogP contribution in [0.15, 0.2) is 29.9 Å². The van der Waals surface area contributed by atoms with Crippen molar-refractivity contribution in [3.8, 4) is 5.75 Å². The Morgan fingerprint density at radius 2 is 2.26 bits per heavy atom. The van der Waals surface area contributed by atoms with E-state index in [2.05, 4.69) is 36.3 Å². The maximum absolute atomic E-state index is 5.27. The Bertz CT molecular complexity index is 511. The summed E-state index contributed by atoms with van der Waals surface area (Å²) in [7, 11) is 1.70. The number of aromatic nitrogens is 1. The third kappa shape index (κ3) is 3.33. The van der Waals surface area contributed by atoms with Gasteiger partial charge in [-0.2, -0.15) is 0 Å². The zero-order chi connectivity index (χ0) is 13.7. The average molecular weight is 276 g/mol. The van der Waals surface area contributed by atoms with Crippen LogP contribution in [0.25, 0.3) is 0 Å². The van der Waals surface area contributed by atoms with Crippen LogP contribution in [0.3, 0.4) is 0 Å². The Kier molecular flexibility index (Phi) is 4.93. The molecule has 1 aromatic carbocycles. The molecular formula is C15H20N2OS. The number of benzene rings is 1. The van der Waals surface area contributed by atoms with Crippen molar-refractivity contribution in [3.05, 3.63) is 45.9 Å². The molecule has 1 unspecified atom stereocenters. The fraction of sp³-hybridized carbons (Fsp3) is 0.400. The number of hydrogen-bond acceptors (Lipinski definition) is 4. The molecule has 0 saturated carbocycles. The molecule has 0 spiro atoms. The van der Waals surface area contributed by atoms with E-state index in [9.17, 15) is 0 Å². The molecule has 1 heterocycles. The fourth-order valence-corrected chi connectivity index (χ4v) is 2.83. The molecule has 0 aliphatic heterocycles. The largest absolute Gasteiger partial charge is 0.497 e. The first-order chi connectivity index (χ1) is 9.26. The van der Waals surface area contributed by atoms with Crippen molar-refractivity contribution in [1.29, 1.82) is 0 Å². The third-order valence-corrected chi connectivity index (χ3v) is 3.96. The van der Waals surface area contributed by atoms with Crippen molar-refractivity contribution in [2.75, 3.05) is 13.7 Å². The minimum Gasteiger partial charge on any atom is -0.497 e. The minimum absolute atomic E-state index is 0.221. The van der Waals surface area contributed by atoms with Gasteiger partial charge in [0.2, 0.25) is 0 Å². The monoisotopic (exact) mass is 276 g/mol. The van der Waals surface area contributed by atoms with Crippen LogP contribution in [0.1, 0.15) is 35.4 Å². The molecule has 1 aromatic heterocycles. The first kappa shape index (κ1) is 14.0. The molecule has 3 nitrogen and oxygen atoms in total. The van der Waals surface area contributed by atoms with Crippen LogP contribution < -0.4 is 10.1 Å². The Hall–Kier alpha value is -1.39. The Labute approximate surface area is 118 Å². The lowest BCUT2D eigenvalue weighted by atomic mass is 10.00. The molecule has 0 aliphatic rings. The molecule has 2 rings (SSSR count). The SMILES string of the molecule is CCCNC(c1cncs1)c1ccc(OC)cc1C. The quantitative estimate of drug-likeness (QED) is 0.876. The zero-order valence-electron chi connectivity index (χ0n) is 11.6. The van der Waals surface area contributed by atoms with Crippen molar-refractivity contribution in [1.82, 2.24) is 10.3 Å². The van der Waals surface area contributed by atoms with E-state index < -0.39 is 0 Å². The van der Waals surface area contributed by atoms with Crippen molar-refractivity contribution < 1.29 is 4.74 Å².